The van der Waals surface area contributed by atoms with Crippen molar-refractivity contribution in [1.29, 1.82) is 0 Å². The molecular formula is C14H21NO2. The largest absolute Gasteiger partial charge is 0.491 e. The summed E-state index contributed by atoms with van der Waals surface area (Å²) >= 11 is 0. The van der Waals surface area contributed by atoms with Crippen LogP contribution in [0.1, 0.15) is 24.1 Å². The molecular weight excluding hydrogens is 214 g/mol. The molecule has 0 aliphatic carbocycles. The number of methoxy groups -OCH3 is 1. The molecule has 0 bridgehead atoms. The molecule has 0 saturated carbocycles. The highest BCUT2D eigenvalue weighted by atomic mass is 16.5. The second-order valence-corrected chi connectivity index (χ2v) is 3.96. The second kappa shape index (κ2) is 7.09. The molecule has 0 aliphatic rings. The Hall–Kier alpha value is -1.32. The number of nitrogens with two attached hydrogens (primary N) is 1. The first-order valence-electron chi connectivity index (χ1n) is 5.80. The standard InChI is InChI=1S/C14H21NO2/c1-4-6-12-7-5-8-13(11(2)15)14(12)17-10-9-16-3/h4-5,7-8,11H,1,6,9-10,15H2,2-3H3. The zero-order chi connectivity index (χ0) is 12.7. The van der Waals surface area contributed by atoms with Crippen molar-refractivity contribution in [1.82, 2.24) is 0 Å². The minimum atomic E-state index is -0.0442. The monoisotopic (exact) mass is 235 g/mol. The quantitative estimate of drug-likeness (QED) is 0.583. The maximum atomic E-state index is 5.95. The van der Waals surface area contributed by atoms with Gasteiger partial charge in [-0.3, -0.25) is 0 Å². The molecule has 0 aromatic heterocycles. The van der Waals surface area contributed by atoms with E-state index in [0.29, 0.717) is 13.2 Å². The average Bonchev–Trinajstić information content (AvgIpc) is 2.31. The molecule has 3 nitrogen and oxygen atoms in total. The van der Waals surface area contributed by atoms with Gasteiger partial charge in [0.15, 0.2) is 0 Å². The highest BCUT2D eigenvalue weighted by molar-refractivity contribution is 5.44. The summed E-state index contributed by atoms with van der Waals surface area (Å²) in [6.45, 7) is 6.81. The van der Waals surface area contributed by atoms with Crippen molar-refractivity contribution in [3.63, 3.8) is 0 Å². The predicted molar refractivity (Wildman–Crippen MR) is 70.3 cm³/mol. The van der Waals surface area contributed by atoms with Gasteiger partial charge in [-0.15, -0.1) is 6.58 Å². The fourth-order valence-corrected chi connectivity index (χ4v) is 1.68. The molecule has 17 heavy (non-hydrogen) atoms. The van der Waals surface area contributed by atoms with Crippen LogP contribution in [-0.2, 0) is 11.2 Å². The molecule has 1 unspecified atom stereocenters. The van der Waals surface area contributed by atoms with Gasteiger partial charge in [0.25, 0.3) is 0 Å². The molecule has 0 heterocycles. The summed E-state index contributed by atoms with van der Waals surface area (Å²) in [5, 5.41) is 0. The predicted octanol–water partition coefficient (Wildman–Crippen LogP) is 2.46. The third-order valence-corrected chi connectivity index (χ3v) is 2.52. The lowest BCUT2D eigenvalue weighted by Gasteiger charge is -2.17. The highest BCUT2D eigenvalue weighted by Gasteiger charge is 2.11. The van der Waals surface area contributed by atoms with Crippen molar-refractivity contribution in [2.45, 2.75) is 19.4 Å². The normalized spacial score (nSPS) is 12.2. The van der Waals surface area contributed by atoms with E-state index in [1.807, 2.05) is 31.2 Å². The minimum Gasteiger partial charge on any atom is -0.491 e. The summed E-state index contributed by atoms with van der Waals surface area (Å²) in [6, 6.07) is 5.99. The van der Waals surface area contributed by atoms with Crippen LogP contribution in [0.15, 0.2) is 30.9 Å². The molecule has 0 fully saturated rings. The summed E-state index contributed by atoms with van der Waals surface area (Å²) in [7, 11) is 1.66. The van der Waals surface area contributed by atoms with Crippen LogP contribution in [-0.4, -0.2) is 20.3 Å². The molecule has 1 aromatic rings. The molecule has 0 spiro atoms. The van der Waals surface area contributed by atoms with E-state index in [2.05, 4.69) is 6.58 Å². The Kier molecular flexibility index (Phi) is 5.73. The number of allylic oxidation sites excluding steroid dienone is 1. The van der Waals surface area contributed by atoms with E-state index in [1.165, 1.54) is 0 Å². The van der Waals surface area contributed by atoms with Crippen molar-refractivity contribution >= 4 is 0 Å². The fraction of sp³-hybridized carbons (Fsp3) is 0.429. The van der Waals surface area contributed by atoms with E-state index in [-0.39, 0.29) is 6.04 Å². The van der Waals surface area contributed by atoms with Crippen LogP contribution >= 0.6 is 0 Å². The van der Waals surface area contributed by atoms with Crippen molar-refractivity contribution in [2.24, 2.45) is 5.73 Å². The molecule has 1 aromatic carbocycles. The van der Waals surface area contributed by atoms with E-state index in [4.69, 9.17) is 15.2 Å². The van der Waals surface area contributed by atoms with Gasteiger partial charge in [-0.25, -0.2) is 0 Å². The van der Waals surface area contributed by atoms with Crippen LogP contribution in [0, 0.1) is 0 Å². The molecule has 0 radical (unpaired) electrons. The van der Waals surface area contributed by atoms with Gasteiger partial charge in [0.05, 0.1) is 6.61 Å². The Bertz CT molecular complexity index is 361. The maximum absolute atomic E-state index is 5.95. The summed E-state index contributed by atoms with van der Waals surface area (Å²) in [5.41, 5.74) is 8.09. The van der Waals surface area contributed by atoms with Crippen LogP contribution in [0.4, 0.5) is 0 Å². The summed E-state index contributed by atoms with van der Waals surface area (Å²) < 4.78 is 10.8. The lowest BCUT2D eigenvalue weighted by atomic mass is 10.0. The van der Waals surface area contributed by atoms with Gasteiger partial charge in [0.2, 0.25) is 0 Å². The topological polar surface area (TPSA) is 44.5 Å². The van der Waals surface area contributed by atoms with Gasteiger partial charge >= 0.3 is 0 Å². The van der Waals surface area contributed by atoms with Crippen LogP contribution < -0.4 is 10.5 Å². The SMILES string of the molecule is C=CCc1cccc(C(C)N)c1OCCOC. The third-order valence-electron chi connectivity index (χ3n) is 2.52. The number of rotatable bonds is 7. The van der Waals surface area contributed by atoms with Crippen LogP contribution in [0.3, 0.4) is 0 Å². The van der Waals surface area contributed by atoms with Crippen LogP contribution in [0.5, 0.6) is 5.75 Å². The van der Waals surface area contributed by atoms with E-state index < -0.39 is 0 Å². The first-order valence-corrected chi connectivity index (χ1v) is 5.80. The van der Waals surface area contributed by atoms with E-state index in [0.717, 1.165) is 23.3 Å². The second-order valence-electron chi connectivity index (χ2n) is 3.96. The van der Waals surface area contributed by atoms with Gasteiger partial charge < -0.3 is 15.2 Å². The summed E-state index contributed by atoms with van der Waals surface area (Å²) in [5.74, 6) is 0.874. The number of hydrogen-bond acceptors (Lipinski definition) is 3. The molecule has 1 rings (SSSR count). The Labute approximate surface area is 103 Å². The number of hydrogen-bond donors (Lipinski definition) is 1. The van der Waals surface area contributed by atoms with Crippen LogP contribution in [0.2, 0.25) is 0 Å². The third kappa shape index (κ3) is 3.88. The van der Waals surface area contributed by atoms with Gasteiger partial charge in [-0.1, -0.05) is 24.3 Å². The van der Waals surface area contributed by atoms with Gasteiger partial charge in [-0.2, -0.15) is 0 Å². The Balaban J connectivity index is 2.96. The first kappa shape index (κ1) is 13.7. The number of ether oxygens (including phenoxy) is 2. The zero-order valence-corrected chi connectivity index (χ0v) is 10.6. The van der Waals surface area contributed by atoms with Gasteiger partial charge in [0.1, 0.15) is 12.4 Å². The van der Waals surface area contributed by atoms with Crippen LogP contribution in [0.25, 0.3) is 0 Å². The average molecular weight is 235 g/mol. The zero-order valence-electron chi connectivity index (χ0n) is 10.6. The van der Waals surface area contributed by atoms with Crippen molar-refractivity contribution in [3.8, 4) is 5.75 Å². The highest BCUT2D eigenvalue weighted by Crippen LogP contribution is 2.28. The Morgan fingerprint density at radius 1 is 1.41 bits per heavy atom. The molecule has 2 N–H and O–H groups in total. The Morgan fingerprint density at radius 2 is 2.18 bits per heavy atom. The smallest absolute Gasteiger partial charge is 0.127 e. The summed E-state index contributed by atoms with van der Waals surface area (Å²) in [6.07, 6.45) is 2.65. The van der Waals surface area contributed by atoms with Crippen molar-refractivity contribution in [3.05, 3.63) is 42.0 Å². The van der Waals surface area contributed by atoms with E-state index in [1.54, 1.807) is 7.11 Å². The lowest BCUT2D eigenvalue weighted by Crippen LogP contribution is -2.12. The first-order chi connectivity index (χ1) is 8.20. The van der Waals surface area contributed by atoms with E-state index in [9.17, 15) is 0 Å². The van der Waals surface area contributed by atoms with Crippen molar-refractivity contribution < 1.29 is 9.47 Å². The number of benzene rings is 1. The van der Waals surface area contributed by atoms with Gasteiger partial charge in [-0.05, 0) is 18.9 Å². The molecule has 0 amide bonds. The fourth-order valence-electron chi connectivity index (χ4n) is 1.68. The maximum Gasteiger partial charge on any atom is 0.127 e. The minimum absolute atomic E-state index is 0.0442. The molecule has 94 valence electrons. The Morgan fingerprint density at radius 3 is 2.76 bits per heavy atom. The van der Waals surface area contributed by atoms with E-state index >= 15 is 0 Å². The molecule has 0 aliphatic heterocycles. The van der Waals surface area contributed by atoms with Crippen molar-refractivity contribution in [2.75, 3.05) is 20.3 Å². The van der Waals surface area contributed by atoms with Gasteiger partial charge in [0, 0.05) is 18.7 Å². The lowest BCUT2D eigenvalue weighted by molar-refractivity contribution is 0.145. The summed E-state index contributed by atoms with van der Waals surface area (Å²) in [4.78, 5) is 0. The molecule has 3 heteroatoms. The number of para-hydroxylation sites is 1. The molecule has 0 saturated heterocycles. The molecule has 1 atom stereocenters.